The molecule has 2 aliphatic heterocycles. The first-order valence-corrected chi connectivity index (χ1v) is 17.5. The fourth-order valence-corrected chi connectivity index (χ4v) is 7.92. The Balaban J connectivity index is 1.37. The number of carbonyl (C=O) groups is 1. The molecular weight excluding hydrogens is 696 g/mol. The molecule has 282 valence electrons. The van der Waals surface area contributed by atoms with Crippen molar-refractivity contribution in [3.8, 4) is 34.5 Å². The standard InChI is InChI=1S/C41H42N2O11/c1-48-31-15-23-10-12-42(37(27(23)19-32(31)49-2)25-16-33(50-3)40(53-6)34(17-25)51-4)21-26-18-30(44)38(46)39(54-26)28(20-35(45)52-5)29-14-24-9-7-8-22-11-13-43(36(22)24)41(29)47/h7-9,14-19,28,37,46H,10-13,20-21H2,1-6H3. The number of fused-ring (bicyclic) bond motifs is 1. The Morgan fingerprint density at radius 2 is 1.52 bits per heavy atom. The van der Waals surface area contributed by atoms with Gasteiger partial charge in [-0.25, -0.2) is 0 Å². The van der Waals surface area contributed by atoms with E-state index in [1.165, 1.54) is 20.3 Å². The molecule has 7 rings (SSSR count). The summed E-state index contributed by atoms with van der Waals surface area (Å²) in [7, 11) is 9.04. The van der Waals surface area contributed by atoms with Crippen LogP contribution >= 0.6 is 0 Å². The zero-order valence-corrected chi connectivity index (χ0v) is 31.0. The van der Waals surface area contributed by atoms with Crippen molar-refractivity contribution in [2.24, 2.45) is 0 Å². The fourth-order valence-electron chi connectivity index (χ4n) is 7.92. The molecule has 0 amide bonds. The number of benzene rings is 3. The predicted octanol–water partition coefficient (Wildman–Crippen LogP) is 5.10. The lowest BCUT2D eigenvalue weighted by atomic mass is 9.87. The van der Waals surface area contributed by atoms with Gasteiger partial charge in [0.2, 0.25) is 16.9 Å². The number of aromatic hydroxyl groups is 1. The number of pyridine rings is 1. The predicted molar refractivity (Wildman–Crippen MR) is 199 cm³/mol. The van der Waals surface area contributed by atoms with Crippen LogP contribution in [0.5, 0.6) is 34.5 Å². The van der Waals surface area contributed by atoms with Crippen LogP contribution in [0.2, 0.25) is 0 Å². The highest BCUT2D eigenvalue weighted by molar-refractivity contribution is 5.84. The summed E-state index contributed by atoms with van der Waals surface area (Å²) in [5.41, 5.74) is 3.81. The lowest BCUT2D eigenvalue weighted by Crippen LogP contribution is -2.36. The molecule has 0 saturated carbocycles. The Labute approximate surface area is 311 Å². The highest BCUT2D eigenvalue weighted by atomic mass is 16.5. The van der Waals surface area contributed by atoms with E-state index in [-0.39, 0.29) is 35.6 Å². The molecule has 2 atom stereocenters. The summed E-state index contributed by atoms with van der Waals surface area (Å²) < 4.78 is 41.5. The minimum Gasteiger partial charge on any atom is -0.502 e. The van der Waals surface area contributed by atoms with E-state index in [1.54, 1.807) is 39.1 Å². The van der Waals surface area contributed by atoms with Gasteiger partial charge in [-0.2, -0.15) is 0 Å². The van der Waals surface area contributed by atoms with Crippen LogP contribution in [0.25, 0.3) is 10.9 Å². The summed E-state index contributed by atoms with van der Waals surface area (Å²) in [6.07, 6.45) is 0.970. The smallest absolute Gasteiger partial charge is 0.306 e. The first kappa shape index (κ1) is 36.4. The molecule has 4 heterocycles. The molecule has 1 N–H and O–H groups in total. The molecule has 0 radical (unpaired) electrons. The molecule has 0 saturated heterocycles. The lowest BCUT2D eigenvalue weighted by Gasteiger charge is -2.38. The number of aromatic nitrogens is 1. The van der Waals surface area contributed by atoms with Gasteiger partial charge in [-0.1, -0.05) is 18.2 Å². The maximum Gasteiger partial charge on any atom is 0.306 e. The SMILES string of the molecule is COC(=O)CC(c1oc(CN2CCc3cc(OC)c(OC)cc3C2c2cc(OC)c(OC)c(OC)c2)cc(=O)c1O)c1cc2cccc3c2n(c1=O)CC3. The van der Waals surface area contributed by atoms with Gasteiger partial charge >= 0.3 is 5.97 Å². The van der Waals surface area contributed by atoms with Crippen LogP contribution in [0.15, 0.2) is 68.6 Å². The molecule has 2 unspecified atom stereocenters. The maximum atomic E-state index is 14.0. The van der Waals surface area contributed by atoms with E-state index in [0.29, 0.717) is 54.7 Å². The molecular formula is C41H42N2O11. The zero-order chi connectivity index (χ0) is 38.3. The average molecular weight is 739 g/mol. The molecule has 2 aliphatic rings. The van der Waals surface area contributed by atoms with Gasteiger partial charge in [0.25, 0.3) is 5.56 Å². The summed E-state index contributed by atoms with van der Waals surface area (Å²) in [5.74, 6) is 0.0946. The Kier molecular flexibility index (Phi) is 9.99. The van der Waals surface area contributed by atoms with Crippen molar-refractivity contribution in [3.63, 3.8) is 0 Å². The van der Waals surface area contributed by atoms with E-state index in [2.05, 4.69) is 4.90 Å². The highest BCUT2D eigenvalue weighted by Gasteiger charge is 2.35. The molecule has 0 bridgehead atoms. The molecule has 13 heteroatoms. The number of esters is 1. The Morgan fingerprint density at radius 3 is 2.19 bits per heavy atom. The number of nitrogens with zero attached hydrogens (tertiary/aromatic N) is 2. The van der Waals surface area contributed by atoms with Gasteiger partial charge in [0.1, 0.15) is 5.76 Å². The minimum absolute atomic E-state index is 0.105. The molecule has 0 spiro atoms. The summed E-state index contributed by atoms with van der Waals surface area (Å²) in [4.78, 5) is 42.6. The molecule has 5 aromatic rings. The molecule has 13 nitrogen and oxygen atoms in total. The molecule has 0 aliphatic carbocycles. The third-order valence-electron chi connectivity index (χ3n) is 10.5. The van der Waals surface area contributed by atoms with Crippen LogP contribution in [-0.2, 0) is 35.5 Å². The zero-order valence-electron chi connectivity index (χ0n) is 31.0. The second kappa shape index (κ2) is 14.8. The highest BCUT2D eigenvalue weighted by Crippen LogP contribution is 2.46. The van der Waals surface area contributed by atoms with Gasteiger partial charge in [-0.15, -0.1) is 0 Å². The Bertz CT molecular complexity index is 2360. The quantitative estimate of drug-likeness (QED) is 0.170. The van der Waals surface area contributed by atoms with Gasteiger partial charge in [0.05, 0.1) is 73.1 Å². The second-order valence-electron chi connectivity index (χ2n) is 13.3. The van der Waals surface area contributed by atoms with Gasteiger partial charge in [-0.3, -0.25) is 19.3 Å². The third kappa shape index (κ3) is 6.27. The largest absolute Gasteiger partial charge is 0.502 e. The van der Waals surface area contributed by atoms with Crippen LogP contribution in [0.3, 0.4) is 0 Å². The summed E-state index contributed by atoms with van der Waals surface area (Å²) in [5, 5.41) is 12.1. The van der Waals surface area contributed by atoms with Crippen LogP contribution < -0.4 is 34.7 Å². The number of hydrogen-bond acceptors (Lipinski definition) is 12. The van der Waals surface area contributed by atoms with E-state index < -0.39 is 29.1 Å². The van der Waals surface area contributed by atoms with Gasteiger partial charge in [-0.05, 0) is 70.8 Å². The van der Waals surface area contributed by atoms with Crippen molar-refractivity contribution in [2.75, 3.05) is 49.2 Å². The van der Waals surface area contributed by atoms with Gasteiger partial charge in [0.15, 0.2) is 28.8 Å². The van der Waals surface area contributed by atoms with Crippen LogP contribution in [0, 0.1) is 0 Å². The van der Waals surface area contributed by atoms with Crippen molar-refractivity contribution in [1.29, 1.82) is 0 Å². The van der Waals surface area contributed by atoms with Crippen LogP contribution in [0.4, 0.5) is 0 Å². The van der Waals surface area contributed by atoms with Crippen LogP contribution in [-0.4, -0.2) is 69.7 Å². The number of para-hydroxylation sites is 1. The first-order valence-electron chi connectivity index (χ1n) is 17.5. The van der Waals surface area contributed by atoms with E-state index in [1.807, 2.05) is 42.5 Å². The van der Waals surface area contributed by atoms with Crippen molar-refractivity contribution in [1.82, 2.24) is 9.47 Å². The summed E-state index contributed by atoms with van der Waals surface area (Å²) >= 11 is 0. The first-order chi connectivity index (χ1) is 26.1. The molecule has 54 heavy (non-hydrogen) atoms. The molecule has 3 aromatic carbocycles. The Morgan fingerprint density at radius 1 is 0.833 bits per heavy atom. The van der Waals surface area contributed by atoms with Gasteiger partial charge < -0.3 is 42.5 Å². The van der Waals surface area contributed by atoms with E-state index in [9.17, 15) is 19.5 Å². The van der Waals surface area contributed by atoms with E-state index >= 15 is 0 Å². The topological polar surface area (TPSA) is 148 Å². The number of aryl methyl sites for hydroxylation is 2. The van der Waals surface area contributed by atoms with Crippen molar-refractivity contribution >= 4 is 16.9 Å². The van der Waals surface area contributed by atoms with E-state index in [0.717, 1.165) is 33.2 Å². The van der Waals surface area contributed by atoms with Crippen molar-refractivity contribution in [3.05, 3.63) is 115 Å². The number of hydrogen-bond donors (Lipinski definition) is 1. The minimum atomic E-state index is -1.11. The normalized spacial score (nSPS) is 15.4. The number of carbonyl (C=O) groups excluding carboxylic acids is 1. The summed E-state index contributed by atoms with van der Waals surface area (Å²) in [6.45, 7) is 1.10. The van der Waals surface area contributed by atoms with Gasteiger partial charge in [0, 0.05) is 24.7 Å². The number of rotatable bonds is 12. The number of methoxy groups -OCH3 is 6. The summed E-state index contributed by atoms with van der Waals surface area (Å²) in [6, 6.07) is 16.0. The lowest BCUT2D eigenvalue weighted by molar-refractivity contribution is -0.141. The second-order valence-corrected chi connectivity index (χ2v) is 13.3. The fraction of sp³-hybridized carbons (Fsp3) is 0.341. The van der Waals surface area contributed by atoms with Crippen molar-refractivity contribution < 1.29 is 42.7 Å². The maximum absolute atomic E-state index is 14.0. The van der Waals surface area contributed by atoms with Crippen molar-refractivity contribution in [2.45, 2.75) is 44.3 Å². The monoisotopic (exact) mass is 738 g/mol. The molecule has 0 fully saturated rings. The Hall–Kier alpha value is -5.95. The number of ether oxygens (including phenoxy) is 6. The third-order valence-corrected chi connectivity index (χ3v) is 10.5. The molecule has 2 aromatic heterocycles. The van der Waals surface area contributed by atoms with Crippen LogP contribution in [0.1, 0.15) is 57.7 Å². The van der Waals surface area contributed by atoms with E-state index in [4.69, 9.17) is 32.8 Å². The average Bonchev–Trinajstić information content (AvgIpc) is 3.64.